The second-order valence-corrected chi connectivity index (χ2v) is 4.72. The van der Waals surface area contributed by atoms with Crippen molar-refractivity contribution >= 4 is 5.91 Å². The molecule has 4 N–H and O–H groups in total. The molecular weight excluding hydrogens is 252 g/mol. The molecule has 0 saturated carbocycles. The molecule has 2 aromatic carbocycles. The van der Waals surface area contributed by atoms with Crippen LogP contribution in [0.3, 0.4) is 0 Å². The quantitative estimate of drug-likeness (QED) is 0.796. The first-order valence-electron chi connectivity index (χ1n) is 6.46. The fourth-order valence-corrected chi connectivity index (χ4v) is 1.90. The Bertz CT molecular complexity index is 606. The molecule has 0 atom stereocenters. The van der Waals surface area contributed by atoms with E-state index in [0.29, 0.717) is 13.1 Å². The Kier molecular flexibility index (Phi) is 4.38. The van der Waals surface area contributed by atoms with Gasteiger partial charge in [-0.3, -0.25) is 4.79 Å². The van der Waals surface area contributed by atoms with Gasteiger partial charge in [0.05, 0.1) is 5.56 Å². The summed E-state index contributed by atoms with van der Waals surface area (Å²) in [6.45, 7) is 2.78. The third-order valence-corrected chi connectivity index (χ3v) is 3.11. The second kappa shape index (κ2) is 6.21. The van der Waals surface area contributed by atoms with Crippen LogP contribution >= 0.6 is 0 Å². The van der Waals surface area contributed by atoms with Gasteiger partial charge in [0, 0.05) is 13.1 Å². The number of nitrogens with one attached hydrogen (secondary N) is 1. The number of benzene rings is 2. The summed E-state index contributed by atoms with van der Waals surface area (Å²) in [6, 6.07) is 12.7. The number of phenolic OH excluding ortho intramolecular Hbond substituents is 1. The van der Waals surface area contributed by atoms with Crippen molar-refractivity contribution in [2.24, 2.45) is 5.73 Å². The standard InChI is InChI=1S/C16H18N2O2/c1-11-2-7-14(15(19)8-11)16(20)18-10-13-5-3-12(9-17)4-6-13/h2-8,19H,9-10,17H2,1H3,(H,18,20). The van der Waals surface area contributed by atoms with Gasteiger partial charge in [-0.25, -0.2) is 0 Å². The Hall–Kier alpha value is -2.33. The number of amides is 1. The van der Waals surface area contributed by atoms with Gasteiger partial charge in [-0.05, 0) is 35.7 Å². The molecule has 0 aliphatic heterocycles. The molecule has 0 unspecified atom stereocenters. The van der Waals surface area contributed by atoms with Gasteiger partial charge in [0.1, 0.15) is 5.75 Å². The van der Waals surface area contributed by atoms with Crippen LogP contribution in [0.5, 0.6) is 5.75 Å². The summed E-state index contributed by atoms with van der Waals surface area (Å²) in [6.07, 6.45) is 0. The minimum atomic E-state index is -0.287. The molecule has 4 nitrogen and oxygen atoms in total. The Morgan fingerprint density at radius 2 is 1.80 bits per heavy atom. The Labute approximate surface area is 118 Å². The van der Waals surface area contributed by atoms with Gasteiger partial charge in [0.2, 0.25) is 0 Å². The molecule has 0 aromatic heterocycles. The fourth-order valence-electron chi connectivity index (χ4n) is 1.90. The number of nitrogens with two attached hydrogens (primary N) is 1. The van der Waals surface area contributed by atoms with E-state index in [1.165, 1.54) is 0 Å². The maximum Gasteiger partial charge on any atom is 0.255 e. The van der Waals surface area contributed by atoms with Gasteiger partial charge >= 0.3 is 0 Å². The minimum absolute atomic E-state index is 0.000907. The molecule has 20 heavy (non-hydrogen) atoms. The number of carbonyl (C=O) groups excluding carboxylic acids is 1. The summed E-state index contributed by atoms with van der Waals surface area (Å²) >= 11 is 0. The lowest BCUT2D eigenvalue weighted by Crippen LogP contribution is -2.22. The van der Waals surface area contributed by atoms with Crippen molar-refractivity contribution in [1.82, 2.24) is 5.32 Å². The third kappa shape index (κ3) is 3.36. The molecule has 0 bridgehead atoms. The highest BCUT2D eigenvalue weighted by atomic mass is 16.3. The van der Waals surface area contributed by atoms with Gasteiger partial charge in [0.25, 0.3) is 5.91 Å². The highest BCUT2D eigenvalue weighted by molar-refractivity contribution is 5.96. The smallest absolute Gasteiger partial charge is 0.255 e. The molecule has 0 radical (unpaired) electrons. The number of hydrogen-bond acceptors (Lipinski definition) is 3. The lowest BCUT2D eigenvalue weighted by molar-refractivity contribution is 0.0948. The minimum Gasteiger partial charge on any atom is -0.507 e. The van der Waals surface area contributed by atoms with Crippen LogP contribution in [-0.2, 0) is 13.1 Å². The molecule has 2 aromatic rings. The largest absolute Gasteiger partial charge is 0.507 e. The van der Waals surface area contributed by atoms with E-state index in [9.17, 15) is 9.90 Å². The zero-order valence-corrected chi connectivity index (χ0v) is 11.4. The maximum absolute atomic E-state index is 12.0. The van der Waals surface area contributed by atoms with Crippen molar-refractivity contribution in [3.63, 3.8) is 0 Å². The first-order valence-corrected chi connectivity index (χ1v) is 6.46. The number of hydrogen-bond donors (Lipinski definition) is 3. The summed E-state index contributed by atoms with van der Waals surface area (Å²) in [5.41, 5.74) is 8.77. The molecular formula is C16H18N2O2. The average molecular weight is 270 g/mol. The zero-order valence-electron chi connectivity index (χ0n) is 11.4. The van der Waals surface area contributed by atoms with Gasteiger partial charge in [-0.1, -0.05) is 30.3 Å². The molecule has 104 valence electrons. The molecule has 0 heterocycles. The lowest BCUT2D eigenvalue weighted by Gasteiger charge is -2.08. The van der Waals surface area contributed by atoms with E-state index in [2.05, 4.69) is 5.32 Å². The van der Waals surface area contributed by atoms with Gasteiger partial charge in [0.15, 0.2) is 0 Å². The monoisotopic (exact) mass is 270 g/mol. The Balaban J connectivity index is 2.00. The lowest BCUT2D eigenvalue weighted by atomic mass is 10.1. The van der Waals surface area contributed by atoms with E-state index in [1.54, 1.807) is 18.2 Å². The van der Waals surface area contributed by atoms with Gasteiger partial charge in [-0.2, -0.15) is 0 Å². The van der Waals surface area contributed by atoms with Gasteiger partial charge < -0.3 is 16.2 Å². The van der Waals surface area contributed by atoms with Crippen LogP contribution < -0.4 is 11.1 Å². The van der Waals surface area contributed by atoms with E-state index in [1.807, 2.05) is 31.2 Å². The zero-order chi connectivity index (χ0) is 14.5. The summed E-state index contributed by atoms with van der Waals surface area (Å²) in [4.78, 5) is 12.0. The average Bonchev–Trinajstić information content (AvgIpc) is 2.45. The van der Waals surface area contributed by atoms with E-state index >= 15 is 0 Å². The normalized spacial score (nSPS) is 10.3. The Morgan fingerprint density at radius 3 is 2.40 bits per heavy atom. The first-order chi connectivity index (χ1) is 9.60. The maximum atomic E-state index is 12.0. The van der Waals surface area contributed by atoms with Crippen molar-refractivity contribution in [3.05, 3.63) is 64.7 Å². The second-order valence-electron chi connectivity index (χ2n) is 4.72. The topological polar surface area (TPSA) is 75.4 Å². The summed E-state index contributed by atoms with van der Waals surface area (Å²) < 4.78 is 0. The van der Waals surface area contributed by atoms with Crippen LogP contribution in [0.25, 0.3) is 0 Å². The molecule has 0 saturated heterocycles. The first kappa shape index (κ1) is 14.1. The summed E-state index contributed by atoms with van der Waals surface area (Å²) in [5, 5.41) is 12.5. The van der Waals surface area contributed by atoms with E-state index < -0.39 is 0 Å². The predicted octanol–water partition coefficient (Wildman–Crippen LogP) is 2.09. The molecule has 0 fully saturated rings. The number of rotatable bonds is 4. The van der Waals surface area contributed by atoms with Crippen molar-refractivity contribution in [1.29, 1.82) is 0 Å². The van der Waals surface area contributed by atoms with Crippen molar-refractivity contribution < 1.29 is 9.90 Å². The van der Waals surface area contributed by atoms with Crippen molar-refractivity contribution in [3.8, 4) is 5.75 Å². The van der Waals surface area contributed by atoms with Crippen LogP contribution in [0.2, 0.25) is 0 Å². The molecule has 4 heteroatoms. The molecule has 2 rings (SSSR count). The summed E-state index contributed by atoms with van der Waals surface area (Å²) in [5.74, 6) is -0.286. The molecule has 0 spiro atoms. The number of phenols is 1. The number of aromatic hydroxyl groups is 1. The highest BCUT2D eigenvalue weighted by Crippen LogP contribution is 2.18. The van der Waals surface area contributed by atoms with Crippen molar-refractivity contribution in [2.75, 3.05) is 0 Å². The van der Waals surface area contributed by atoms with Gasteiger partial charge in [-0.15, -0.1) is 0 Å². The third-order valence-electron chi connectivity index (χ3n) is 3.11. The van der Waals surface area contributed by atoms with Crippen LogP contribution in [0.15, 0.2) is 42.5 Å². The molecule has 0 aliphatic carbocycles. The Morgan fingerprint density at radius 1 is 1.15 bits per heavy atom. The van der Waals surface area contributed by atoms with E-state index in [4.69, 9.17) is 5.73 Å². The molecule has 0 aliphatic rings. The predicted molar refractivity (Wildman–Crippen MR) is 78.3 cm³/mol. The van der Waals surface area contributed by atoms with Crippen molar-refractivity contribution in [2.45, 2.75) is 20.0 Å². The van der Waals surface area contributed by atoms with Crippen LogP contribution in [0.4, 0.5) is 0 Å². The highest BCUT2D eigenvalue weighted by Gasteiger charge is 2.10. The fraction of sp³-hybridized carbons (Fsp3) is 0.188. The van der Waals surface area contributed by atoms with Crippen LogP contribution in [-0.4, -0.2) is 11.0 Å². The van der Waals surface area contributed by atoms with Crippen LogP contribution in [0, 0.1) is 6.92 Å². The van der Waals surface area contributed by atoms with E-state index in [-0.39, 0.29) is 17.2 Å². The van der Waals surface area contributed by atoms with E-state index in [0.717, 1.165) is 16.7 Å². The molecule has 1 amide bonds. The number of carbonyl (C=O) groups is 1. The SMILES string of the molecule is Cc1ccc(C(=O)NCc2ccc(CN)cc2)c(O)c1. The summed E-state index contributed by atoms with van der Waals surface area (Å²) in [7, 11) is 0. The number of aryl methyl sites for hydroxylation is 1. The van der Waals surface area contributed by atoms with Crippen LogP contribution in [0.1, 0.15) is 27.0 Å².